The van der Waals surface area contributed by atoms with E-state index in [-0.39, 0.29) is 0 Å². The van der Waals surface area contributed by atoms with Crippen molar-refractivity contribution in [2.45, 2.75) is 6.54 Å². The second-order valence-electron chi connectivity index (χ2n) is 3.96. The lowest BCUT2D eigenvalue weighted by molar-refractivity contribution is 1.07. The zero-order chi connectivity index (χ0) is 13.0. The minimum absolute atomic E-state index is 0.321. The van der Waals surface area contributed by atoms with Crippen LogP contribution in [0.25, 0.3) is 11.1 Å². The van der Waals surface area contributed by atoms with Gasteiger partial charge in [0.25, 0.3) is 0 Å². The van der Waals surface area contributed by atoms with Crippen LogP contribution in [0.2, 0.25) is 0 Å². The van der Waals surface area contributed by atoms with Crippen LogP contribution in [0, 0.1) is 0 Å². The van der Waals surface area contributed by atoms with E-state index < -0.39 is 0 Å². The topological polar surface area (TPSA) is 90.4 Å². The molecule has 0 saturated carbocycles. The Morgan fingerprint density at radius 1 is 1.06 bits per heavy atom. The maximum Gasteiger partial charge on any atom is 0.150 e. The van der Waals surface area contributed by atoms with Crippen LogP contribution in [0.1, 0.15) is 11.1 Å². The molecule has 2 aromatic rings. The normalized spacial score (nSPS) is 11.5. The van der Waals surface area contributed by atoms with E-state index in [1.807, 2.05) is 48.5 Å². The van der Waals surface area contributed by atoms with Gasteiger partial charge in [-0.2, -0.15) is 5.10 Å². The molecule has 2 aromatic carbocycles. The molecule has 4 nitrogen and oxygen atoms in total. The summed E-state index contributed by atoms with van der Waals surface area (Å²) in [5.74, 6) is 5.51. The first-order valence-electron chi connectivity index (χ1n) is 5.68. The van der Waals surface area contributed by atoms with Crippen molar-refractivity contribution in [3.05, 3.63) is 59.7 Å². The van der Waals surface area contributed by atoms with Crippen LogP contribution >= 0.6 is 0 Å². The summed E-state index contributed by atoms with van der Waals surface area (Å²) in [5.41, 5.74) is 15.5. The maximum absolute atomic E-state index is 5.74. The molecule has 6 N–H and O–H groups in total. The Balaban J connectivity index is 2.51. The molecule has 0 saturated heterocycles. The molecule has 0 unspecified atom stereocenters. The number of benzene rings is 2. The van der Waals surface area contributed by atoms with E-state index in [4.69, 9.17) is 17.3 Å². The van der Waals surface area contributed by atoms with E-state index in [1.165, 1.54) is 0 Å². The highest BCUT2D eigenvalue weighted by atomic mass is 15.1. The Bertz CT molecular complexity index is 576. The van der Waals surface area contributed by atoms with Gasteiger partial charge in [0, 0.05) is 12.1 Å². The van der Waals surface area contributed by atoms with Crippen molar-refractivity contribution in [1.29, 1.82) is 0 Å². The number of nitrogens with two attached hydrogens (primary N) is 3. The Morgan fingerprint density at radius 3 is 2.56 bits per heavy atom. The SMILES string of the molecule is NCc1ccccc1-c1cccc(C(N)=NN)c1. The van der Waals surface area contributed by atoms with Crippen LogP contribution in [-0.4, -0.2) is 5.84 Å². The predicted octanol–water partition coefficient (Wildman–Crippen LogP) is 1.39. The number of rotatable bonds is 3. The van der Waals surface area contributed by atoms with E-state index in [2.05, 4.69) is 5.10 Å². The highest BCUT2D eigenvalue weighted by Gasteiger charge is 2.05. The van der Waals surface area contributed by atoms with Crippen LogP contribution in [0.3, 0.4) is 0 Å². The summed E-state index contributed by atoms with van der Waals surface area (Å²) in [6, 6.07) is 15.8. The monoisotopic (exact) mass is 240 g/mol. The lowest BCUT2D eigenvalue weighted by Gasteiger charge is -2.09. The molecule has 0 heterocycles. The molecule has 18 heavy (non-hydrogen) atoms. The maximum atomic E-state index is 5.74. The third-order valence-electron chi connectivity index (χ3n) is 2.85. The minimum atomic E-state index is 0.321. The molecule has 0 spiro atoms. The Hall–Kier alpha value is -2.33. The van der Waals surface area contributed by atoms with Gasteiger partial charge in [-0.05, 0) is 22.8 Å². The van der Waals surface area contributed by atoms with E-state index in [9.17, 15) is 0 Å². The van der Waals surface area contributed by atoms with Gasteiger partial charge in [-0.1, -0.05) is 42.5 Å². The van der Waals surface area contributed by atoms with Crippen LogP contribution in [-0.2, 0) is 6.54 Å². The Morgan fingerprint density at radius 2 is 1.83 bits per heavy atom. The standard InChI is InChI=1S/C14H16N4/c15-9-12-4-1-2-7-13(12)10-5-3-6-11(8-10)14(16)18-17/h1-8H,9,15,17H2,(H2,16,18). The zero-order valence-corrected chi connectivity index (χ0v) is 10.0. The van der Waals surface area contributed by atoms with Crippen molar-refractivity contribution in [2.24, 2.45) is 22.4 Å². The van der Waals surface area contributed by atoms with Gasteiger partial charge in [0.15, 0.2) is 0 Å². The van der Waals surface area contributed by atoms with Crippen molar-refractivity contribution in [3.63, 3.8) is 0 Å². The first-order valence-corrected chi connectivity index (χ1v) is 5.68. The Kier molecular flexibility index (Phi) is 3.60. The van der Waals surface area contributed by atoms with Crippen molar-refractivity contribution >= 4 is 5.84 Å². The van der Waals surface area contributed by atoms with Gasteiger partial charge in [-0.3, -0.25) is 0 Å². The summed E-state index contributed by atoms with van der Waals surface area (Å²) in [7, 11) is 0. The summed E-state index contributed by atoms with van der Waals surface area (Å²) < 4.78 is 0. The second kappa shape index (κ2) is 5.33. The average Bonchev–Trinajstić information content (AvgIpc) is 2.46. The first-order chi connectivity index (χ1) is 8.76. The summed E-state index contributed by atoms with van der Waals surface area (Å²) in [4.78, 5) is 0. The molecule has 0 aliphatic heterocycles. The van der Waals surface area contributed by atoms with Crippen LogP contribution in [0.4, 0.5) is 0 Å². The van der Waals surface area contributed by atoms with Crippen LogP contribution in [0.15, 0.2) is 53.6 Å². The molecule has 0 aromatic heterocycles. The molecule has 0 aliphatic carbocycles. The average molecular weight is 240 g/mol. The molecule has 2 rings (SSSR count). The number of amidine groups is 1. The third-order valence-corrected chi connectivity index (χ3v) is 2.85. The van der Waals surface area contributed by atoms with Gasteiger partial charge in [-0.15, -0.1) is 0 Å². The van der Waals surface area contributed by atoms with Crippen molar-refractivity contribution in [3.8, 4) is 11.1 Å². The van der Waals surface area contributed by atoms with E-state index in [0.29, 0.717) is 12.4 Å². The molecule has 0 bridgehead atoms. The van der Waals surface area contributed by atoms with Gasteiger partial charge in [0.05, 0.1) is 0 Å². The smallest absolute Gasteiger partial charge is 0.150 e. The summed E-state index contributed by atoms with van der Waals surface area (Å²) in [5, 5.41) is 3.51. The molecule has 92 valence electrons. The molecule has 0 atom stereocenters. The molecule has 0 fully saturated rings. The lowest BCUT2D eigenvalue weighted by Crippen LogP contribution is -2.15. The highest BCUT2D eigenvalue weighted by Crippen LogP contribution is 2.24. The highest BCUT2D eigenvalue weighted by molar-refractivity contribution is 5.98. The number of hydrogen-bond acceptors (Lipinski definition) is 3. The van der Waals surface area contributed by atoms with Gasteiger partial charge in [-0.25, -0.2) is 0 Å². The van der Waals surface area contributed by atoms with Crippen LogP contribution < -0.4 is 17.3 Å². The second-order valence-corrected chi connectivity index (χ2v) is 3.96. The van der Waals surface area contributed by atoms with Gasteiger partial charge in [0.1, 0.15) is 5.84 Å². The lowest BCUT2D eigenvalue weighted by atomic mass is 9.98. The number of hydrazone groups is 1. The molecule has 4 heteroatoms. The van der Waals surface area contributed by atoms with Crippen LogP contribution in [0.5, 0.6) is 0 Å². The summed E-state index contributed by atoms with van der Waals surface area (Å²) in [6.45, 7) is 0.501. The number of hydrogen-bond donors (Lipinski definition) is 3. The van der Waals surface area contributed by atoms with Crippen molar-refractivity contribution in [1.82, 2.24) is 0 Å². The molecular formula is C14H16N4. The third kappa shape index (κ3) is 2.33. The van der Waals surface area contributed by atoms with Gasteiger partial charge in [0.2, 0.25) is 0 Å². The van der Waals surface area contributed by atoms with Crippen molar-refractivity contribution < 1.29 is 0 Å². The van der Waals surface area contributed by atoms with Gasteiger partial charge < -0.3 is 17.3 Å². The zero-order valence-electron chi connectivity index (χ0n) is 10.0. The Labute approximate surface area is 106 Å². The van der Waals surface area contributed by atoms with E-state index in [1.54, 1.807) is 0 Å². The fraction of sp³-hybridized carbons (Fsp3) is 0.0714. The number of nitrogens with zero attached hydrogens (tertiary/aromatic N) is 1. The first kappa shape index (κ1) is 12.1. The summed E-state index contributed by atoms with van der Waals surface area (Å²) >= 11 is 0. The summed E-state index contributed by atoms with van der Waals surface area (Å²) in [6.07, 6.45) is 0. The molecule has 0 radical (unpaired) electrons. The molecular weight excluding hydrogens is 224 g/mol. The van der Waals surface area contributed by atoms with Gasteiger partial charge >= 0.3 is 0 Å². The molecule has 0 aliphatic rings. The van der Waals surface area contributed by atoms with Crippen molar-refractivity contribution in [2.75, 3.05) is 0 Å². The minimum Gasteiger partial charge on any atom is -0.382 e. The quantitative estimate of drug-likeness (QED) is 0.328. The molecule has 0 amide bonds. The predicted molar refractivity (Wildman–Crippen MR) is 74.7 cm³/mol. The fourth-order valence-corrected chi connectivity index (χ4v) is 1.90. The van der Waals surface area contributed by atoms with E-state index in [0.717, 1.165) is 22.3 Å². The van der Waals surface area contributed by atoms with E-state index >= 15 is 0 Å². The fourth-order valence-electron chi connectivity index (χ4n) is 1.90. The largest absolute Gasteiger partial charge is 0.382 e.